The second-order valence-corrected chi connectivity index (χ2v) is 4.83. The van der Waals surface area contributed by atoms with Crippen molar-refractivity contribution in [3.05, 3.63) is 24.0 Å². The van der Waals surface area contributed by atoms with E-state index in [1.807, 2.05) is 14.1 Å². The summed E-state index contributed by atoms with van der Waals surface area (Å²) < 4.78 is 5.71. The normalized spacial score (nSPS) is 12.8. The summed E-state index contributed by atoms with van der Waals surface area (Å²) in [6.45, 7) is 4.59. The summed E-state index contributed by atoms with van der Waals surface area (Å²) in [5.74, 6) is 0.441. The molecule has 18 heavy (non-hydrogen) atoms. The van der Waals surface area contributed by atoms with Crippen LogP contribution in [0.15, 0.2) is 23.5 Å². The first-order chi connectivity index (χ1) is 8.38. The largest absolute Gasteiger partial charge is 0.489 e. The van der Waals surface area contributed by atoms with E-state index in [0.717, 1.165) is 0 Å². The summed E-state index contributed by atoms with van der Waals surface area (Å²) in [5.41, 5.74) is 5.76. The van der Waals surface area contributed by atoms with Gasteiger partial charge in [-0.05, 0) is 40.1 Å². The molecule has 0 unspecified atom stereocenters. The molecular weight excluding hydrogens is 232 g/mol. The number of hydrogen-bond acceptors (Lipinski definition) is 5. The third-order valence-corrected chi connectivity index (χ3v) is 2.91. The number of hydrogen-bond donors (Lipinski definition) is 2. The number of likely N-dealkylation sites (N-methyl/N-ethyl adjacent to an activating group) is 1. The zero-order valence-corrected chi connectivity index (χ0v) is 11.2. The number of rotatable bonds is 5. The van der Waals surface area contributed by atoms with Crippen molar-refractivity contribution in [2.45, 2.75) is 19.4 Å². The highest BCUT2D eigenvalue weighted by Crippen LogP contribution is 2.18. The molecule has 0 aliphatic carbocycles. The van der Waals surface area contributed by atoms with Crippen LogP contribution < -0.4 is 10.5 Å². The monoisotopic (exact) mass is 252 g/mol. The third-order valence-electron chi connectivity index (χ3n) is 2.91. The lowest BCUT2D eigenvalue weighted by Gasteiger charge is -2.32. The fourth-order valence-corrected chi connectivity index (χ4v) is 1.13. The highest BCUT2D eigenvalue weighted by atomic mass is 16.5. The van der Waals surface area contributed by atoms with Gasteiger partial charge in [-0.3, -0.25) is 0 Å². The molecule has 0 bridgehead atoms. The number of aromatic nitrogens is 1. The van der Waals surface area contributed by atoms with E-state index < -0.39 is 0 Å². The minimum absolute atomic E-state index is 0.0618. The second-order valence-electron chi connectivity index (χ2n) is 4.83. The Morgan fingerprint density at radius 1 is 1.56 bits per heavy atom. The standard InChI is InChI=1S/C12H20N4O2/c1-12(2,16(3)4)8-18-9-6-5-7-14-10(9)11(13)15-17/h5-7,17H,8H2,1-4H3,(H2,13,15). The SMILES string of the molecule is CN(C)C(C)(C)COc1cccnc1/C(N)=N/O. The molecule has 3 N–H and O–H groups in total. The Kier molecular flexibility index (Phi) is 4.49. The topological polar surface area (TPSA) is 84.0 Å². The summed E-state index contributed by atoms with van der Waals surface area (Å²) in [4.78, 5) is 6.10. The predicted molar refractivity (Wildman–Crippen MR) is 70.0 cm³/mol. The van der Waals surface area contributed by atoms with Crippen molar-refractivity contribution >= 4 is 5.84 Å². The first kappa shape index (κ1) is 14.2. The van der Waals surface area contributed by atoms with E-state index in [9.17, 15) is 0 Å². The Balaban J connectivity index is 2.86. The Hall–Kier alpha value is -1.82. The lowest BCUT2D eigenvalue weighted by atomic mass is 10.1. The Morgan fingerprint density at radius 3 is 2.78 bits per heavy atom. The molecule has 100 valence electrons. The number of amidine groups is 1. The van der Waals surface area contributed by atoms with Crippen molar-refractivity contribution in [2.75, 3.05) is 20.7 Å². The van der Waals surface area contributed by atoms with E-state index in [2.05, 4.69) is 28.9 Å². The van der Waals surface area contributed by atoms with Gasteiger partial charge >= 0.3 is 0 Å². The van der Waals surface area contributed by atoms with Crippen LogP contribution in [0.5, 0.6) is 5.75 Å². The average molecular weight is 252 g/mol. The van der Waals surface area contributed by atoms with Crippen LogP contribution in [-0.2, 0) is 0 Å². The van der Waals surface area contributed by atoms with Crippen molar-refractivity contribution in [3.63, 3.8) is 0 Å². The van der Waals surface area contributed by atoms with E-state index in [4.69, 9.17) is 15.7 Å². The van der Waals surface area contributed by atoms with E-state index in [1.54, 1.807) is 18.3 Å². The van der Waals surface area contributed by atoms with Gasteiger partial charge in [-0.1, -0.05) is 5.16 Å². The molecule has 1 heterocycles. The van der Waals surface area contributed by atoms with E-state index in [1.165, 1.54) is 0 Å². The average Bonchev–Trinajstić information content (AvgIpc) is 2.35. The molecule has 0 fully saturated rings. The highest BCUT2D eigenvalue weighted by Gasteiger charge is 2.22. The molecule has 0 atom stereocenters. The van der Waals surface area contributed by atoms with Crippen molar-refractivity contribution < 1.29 is 9.94 Å². The second kappa shape index (κ2) is 5.68. The fourth-order valence-electron chi connectivity index (χ4n) is 1.13. The summed E-state index contributed by atoms with van der Waals surface area (Å²) in [5, 5.41) is 11.6. The first-order valence-electron chi connectivity index (χ1n) is 5.61. The van der Waals surface area contributed by atoms with Crippen LogP contribution >= 0.6 is 0 Å². The quantitative estimate of drug-likeness (QED) is 0.352. The molecule has 0 amide bonds. The van der Waals surface area contributed by atoms with Gasteiger partial charge in [0, 0.05) is 11.7 Å². The van der Waals surface area contributed by atoms with Crippen LogP contribution in [0.3, 0.4) is 0 Å². The number of pyridine rings is 1. The smallest absolute Gasteiger partial charge is 0.192 e. The van der Waals surface area contributed by atoms with Gasteiger partial charge in [-0.2, -0.15) is 0 Å². The minimum Gasteiger partial charge on any atom is -0.489 e. The summed E-state index contributed by atoms with van der Waals surface area (Å²) >= 11 is 0. The molecule has 1 aromatic rings. The van der Waals surface area contributed by atoms with Crippen molar-refractivity contribution in [2.24, 2.45) is 10.9 Å². The molecule has 0 aromatic carbocycles. The van der Waals surface area contributed by atoms with Gasteiger partial charge in [-0.15, -0.1) is 0 Å². The van der Waals surface area contributed by atoms with Gasteiger partial charge in [0.25, 0.3) is 0 Å². The van der Waals surface area contributed by atoms with E-state index in [0.29, 0.717) is 18.1 Å². The van der Waals surface area contributed by atoms with Crippen molar-refractivity contribution in [1.29, 1.82) is 0 Å². The van der Waals surface area contributed by atoms with Crippen molar-refractivity contribution in [1.82, 2.24) is 9.88 Å². The lowest BCUT2D eigenvalue weighted by molar-refractivity contribution is 0.113. The lowest BCUT2D eigenvalue weighted by Crippen LogP contribution is -2.43. The summed E-state index contributed by atoms with van der Waals surface area (Å²) in [6, 6.07) is 3.48. The number of ether oxygens (including phenoxy) is 1. The fraction of sp³-hybridized carbons (Fsp3) is 0.500. The molecule has 0 saturated heterocycles. The van der Waals surface area contributed by atoms with Gasteiger partial charge in [-0.25, -0.2) is 4.98 Å². The molecule has 0 aliphatic heterocycles. The molecule has 0 spiro atoms. The highest BCUT2D eigenvalue weighted by molar-refractivity contribution is 5.97. The molecule has 1 rings (SSSR count). The first-order valence-corrected chi connectivity index (χ1v) is 5.61. The molecule has 0 aliphatic rings. The number of nitrogens with two attached hydrogens (primary N) is 1. The minimum atomic E-state index is -0.127. The maximum atomic E-state index is 8.69. The van der Waals surface area contributed by atoms with Crippen LogP contribution in [0.2, 0.25) is 0 Å². The number of nitrogens with zero attached hydrogens (tertiary/aromatic N) is 3. The zero-order chi connectivity index (χ0) is 13.8. The molecule has 6 heteroatoms. The van der Waals surface area contributed by atoms with E-state index in [-0.39, 0.29) is 11.4 Å². The van der Waals surface area contributed by atoms with E-state index >= 15 is 0 Å². The maximum Gasteiger partial charge on any atom is 0.192 e. The Bertz CT molecular complexity index is 430. The van der Waals surface area contributed by atoms with Gasteiger partial charge < -0.3 is 20.6 Å². The Morgan fingerprint density at radius 2 is 2.22 bits per heavy atom. The molecule has 0 saturated carbocycles. The van der Waals surface area contributed by atoms with Crippen LogP contribution in [0.4, 0.5) is 0 Å². The van der Waals surface area contributed by atoms with Gasteiger partial charge in [0.1, 0.15) is 12.4 Å². The molecule has 1 aromatic heterocycles. The third kappa shape index (κ3) is 3.33. The van der Waals surface area contributed by atoms with Gasteiger partial charge in [0.2, 0.25) is 0 Å². The maximum absolute atomic E-state index is 8.69. The summed E-state index contributed by atoms with van der Waals surface area (Å²) in [6.07, 6.45) is 1.57. The van der Waals surface area contributed by atoms with Gasteiger partial charge in [0.15, 0.2) is 11.5 Å². The molecule has 0 radical (unpaired) electrons. The van der Waals surface area contributed by atoms with Crippen LogP contribution in [0.1, 0.15) is 19.5 Å². The molecular formula is C12H20N4O2. The van der Waals surface area contributed by atoms with Crippen molar-refractivity contribution in [3.8, 4) is 5.75 Å². The zero-order valence-electron chi connectivity index (χ0n) is 11.2. The number of oxime groups is 1. The van der Waals surface area contributed by atoms with Gasteiger partial charge in [0.05, 0.1) is 0 Å². The predicted octanol–water partition coefficient (Wildman–Crippen LogP) is 0.895. The Labute approximate surface area is 107 Å². The summed E-state index contributed by atoms with van der Waals surface area (Å²) in [7, 11) is 3.97. The van der Waals surface area contributed by atoms with Crippen LogP contribution in [-0.4, -0.2) is 47.2 Å². The molecule has 6 nitrogen and oxygen atoms in total. The van der Waals surface area contributed by atoms with Crippen LogP contribution in [0.25, 0.3) is 0 Å². The van der Waals surface area contributed by atoms with Crippen LogP contribution in [0, 0.1) is 0 Å².